The number of hydrogen-bond donors (Lipinski definition) is 3. The van der Waals surface area contributed by atoms with Crippen molar-refractivity contribution in [3.8, 4) is 0 Å². The molecule has 1 aliphatic rings. The van der Waals surface area contributed by atoms with Gasteiger partial charge in [-0.05, 0) is 25.0 Å². The topological polar surface area (TPSA) is 91.5 Å². The second-order valence-electron chi connectivity index (χ2n) is 6.50. The monoisotopic (exact) mass is 292 g/mol. The fourth-order valence-corrected chi connectivity index (χ4v) is 2.57. The molecule has 1 aromatic rings. The van der Waals surface area contributed by atoms with Gasteiger partial charge in [0.2, 0.25) is 0 Å². The van der Waals surface area contributed by atoms with Crippen LogP contribution >= 0.6 is 0 Å². The minimum Gasteiger partial charge on any atom is -0.394 e. The Hall–Kier alpha value is -1.66. The number of pyridine rings is 1. The average Bonchev–Trinajstić information content (AvgIpc) is 2.93. The van der Waals surface area contributed by atoms with Gasteiger partial charge >= 0.3 is 0 Å². The van der Waals surface area contributed by atoms with Gasteiger partial charge in [-0.15, -0.1) is 0 Å². The molecule has 2 rings (SSSR count). The van der Waals surface area contributed by atoms with E-state index in [-0.39, 0.29) is 24.0 Å². The van der Waals surface area contributed by atoms with Gasteiger partial charge in [0.25, 0.3) is 5.91 Å². The number of anilines is 1. The summed E-state index contributed by atoms with van der Waals surface area (Å²) >= 11 is 0. The Labute approximate surface area is 125 Å². The Bertz CT molecular complexity index is 525. The first kappa shape index (κ1) is 15.7. The third-order valence-corrected chi connectivity index (χ3v) is 3.84. The van der Waals surface area contributed by atoms with E-state index in [2.05, 4.69) is 10.4 Å². The number of hydrazine groups is 1. The zero-order valence-electron chi connectivity index (χ0n) is 12.9. The highest BCUT2D eigenvalue weighted by molar-refractivity contribution is 5.95. The zero-order valence-corrected chi connectivity index (χ0v) is 12.9. The molecule has 0 bridgehead atoms. The van der Waals surface area contributed by atoms with E-state index in [1.807, 2.05) is 26.8 Å². The quantitative estimate of drug-likeness (QED) is 0.576. The second kappa shape index (κ2) is 5.99. The largest absolute Gasteiger partial charge is 0.394 e. The van der Waals surface area contributed by atoms with Crippen molar-refractivity contribution in [1.82, 2.24) is 9.88 Å². The number of carbonyl (C=O) groups excluding carboxylic acids is 1. The maximum absolute atomic E-state index is 12.7. The Morgan fingerprint density at radius 1 is 1.52 bits per heavy atom. The van der Waals surface area contributed by atoms with Gasteiger partial charge in [-0.3, -0.25) is 4.79 Å². The van der Waals surface area contributed by atoms with Crippen molar-refractivity contribution in [2.45, 2.75) is 45.1 Å². The lowest BCUT2D eigenvalue weighted by atomic mass is 9.90. The van der Waals surface area contributed by atoms with Crippen LogP contribution in [0.1, 0.15) is 49.7 Å². The maximum atomic E-state index is 12.7. The molecule has 116 valence electrons. The number of hydrogen-bond acceptors (Lipinski definition) is 5. The van der Waals surface area contributed by atoms with Gasteiger partial charge in [0.05, 0.1) is 12.6 Å². The van der Waals surface area contributed by atoms with Crippen molar-refractivity contribution in [2.75, 3.05) is 18.6 Å². The van der Waals surface area contributed by atoms with Crippen molar-refractivity contribution in [3.05, 3.63) is 23.4 Å². The Kier molecular flexibility index (Phi) is 4.49. The molecule has 6 nitrogen and oxygen atoms in total. The van der Waals surface area contributed by atoms with Gasteiger partial charge in [-0.2, -0.15) is 0 Å². The molecule has 1 aliphatic heterocycles. The van der Waals surface area contributed by atoms with E-state index in [1.54, 1.807) is 11.0 Å². The summed E-state index contributed by atoms with van der Waals surface area (Å²) in [6.45, 7) is 6.80. The van der Waals surface area contributed by atoms with Crippen molar-refractivity contribution in [1.29, 1.82) is 0 Å². The molecule has 1 atom stereocenters. The molecule has 1 unspecified atom stereocenters. The minimum atomic E-state index is -0.177. The summed E-state index contributed by atoms with van der Waals surface area (Å²) in [5.74, 6) is 5.86. The summed E-state index contributed by atoms with van der Waals surface area (Å²) in [6.07, 6.45) is 1.78. The molecular formula is C15H24N4O2. The Balaban J connectivity index is 2.36. The summed E-state index contributed by atoms with van der Waals surface area (Å²) in [5.41, 5.74) is 3.71. The van der Waals surface area contributed by atoms with Gasteiger partial charge in [-0.1, -0.05) is 20.8 Å². The van der Waals surface area contributed by atoms with E-state index in [0.29, 0.717) is 17.9 Å². The number of aliphatic hydroxyl groups is 1. The van der Waals surface area contributed by atoms with Gasteiger partial charge < -0.3 is 15.4 Å². The molecule has 1 fully saturated rings. The lowest BCUT2D eigenvalue weighted by Crippen LogP contribution is -2.37. The third-order valence-electron chi connectivity index (χ3n) is 3.84. The minimum absolute atomic E-state index is 0.00491. The van der Waals surface area contributed by atoms with Crippen LogP contribution in [0.2, 0.25) is 0 Å². The Morgan fingerprint density at radius 2 is 2.24 bits per heavy atom. The summed E-state index contributed by atoms with van der Waals surface area (Å²) in [6, 6.07) is 3.39. The predicted octanol–water partition coefficient (Wildman–Crippen LogP) is 1.26. The van der Waals surface area contributed by atoms with Crippen LogP contribution in [0.4, 0.5) is 5.82 Å². The standard InChI is InChI=1S/C15H24N4O2/c1-15(2,3)12-7-10(8-13(17-12)18-16)14(21)19-6-4-5-11(19)9-20/h7-8,11,20H,4-6,9,16H2,1-3H3,(H,17,18). The predicted molar refractivity (Wildman–Crippen MR) is 81.9 cm³/mol. The van der Waals surface area contributed by atoms with E-state index < -0.39 is 0 Å². The first-order valence-corrected chi connectivity index (χ1v) is 7.28. The highest BCUT2D eigenvalue weighted by Gasteiger charge is 2.30. The fourth-order valence-electron chi connectivity index (χ4n) is 2.57. The SMILES string of the molecule is CC(C)(C)c1cc(C(=O)N2CCCC2CO)cc(NN)n1. The first-order valence-electron chi connectivity index (χ1n) is 7.28. The highest BCUT2D eigenvalue weighted by Crippen LogP contribution is 2.25. The number of nitrogens with two attached hydrogens (primary N) is 1. The fraction of sp³-hybridized carbons (Fsp3) is 0.600. The molecule has 0 saturated carbocycles. The van der Waals surface area contributed by atoms with E-state index in [9.17, 15) is 9.90 Å². The van der Waals surface area contributed by atoms with E-state index in [0.717, 1.165) is 18.5 Å². The molecule has 1 saturated heterocycles. The van der Waals surface area contributed by atoms with E-state index in [1.165, 1.54) is 0 Å². The molecule has 0 aliphatic carbocycles. The van der Waals surface area contributed by atoms with Crippen molar-refractivity contribution in [3.63, 3.8) is 0 Å². The first-order chi connectivity index (χ1) is 9.86. The van der Waals surface area contributed by atoms with Crippen LogP contribution in [-0.2, 0) is 5.41 Å². The van der Waals surface area contributed by atoms with Crippen LogP contribution in [0.25, 0.3) is 0 Å². The molecule has 0 aromatic carbocycles. The van der Waals surface area contributed by atoms with Crippen molar-refractivity contribution in [2.24, 2.45) is 5.84 Å². The molecule has 4 N–H and O–H groups in total. The normalized spacial score (nSPS) is 18.9. The van der Waals surface area contributed by atoms with Crippen molar-refractivity contribution >= 4 is 11.7 Å². The summed E-state index contributed by atoms with van der Waals surface area (Å²) in [5, 5.41) is 9.38. The van der Waals surface area contributed by atoms with Gasteiger partial charge in [0.15, 0.2) is 0 Å². The van der Waals surface area contributed by atoms with E-state index in [4.69, 9.17) is 5.84 Å². The number of carbonyl (C=O) groups is 1. The van der Waals surface area contributed by atoms with Crippen molar-refractivity contribution < 1.29 is 9.90 Å². The van der Waals surface area contributed by atoms with E-state index >= 15 is 0 Å². The number of aliphatic hydroxyl groups excluding tert-OH is 1. The van der Waals surface area contributed by atoms with Gasteiger partial charge in [0, 0.05) is 23.2 Å². The maximum Gasteiger partial charge on any atom is 0.254 e. The van der Waals surface area contributed by atoms with Crippen LogP contribution in [0.5, 0.6) is 0 Å². The van der Waals surface area contributed by atoms with Crippen LogP contribution in [0, 0.1) is 0 Å². The summed E-state index contributed by atoms with van der Waals surface area (Å²) in [4.78, 5) is 18.8. The lowest BCUT2D eigenvalue weighted by Gasteiger charge is -2.25. The molecule has 0 radical (unpaired) electrons. The number of aromatic nitrogens is 1. The summed E-state index contributed by atoms with van der Waals surface area (Å²) in [7, 11) is 0. The van der Waals surface area contributed by atoms with Gasteiger partial charge in [-0.25, -0.2) is 10.8 Å². The molecule has 6 heteroatoms. The molecule has 1 amide bonds. The van der Waals surface area contributed by atoms with Crippen LogP contribution in [0.3, 0.4) is 0 Å². The van der Waals surface area contributed by atoms with Gasteiger partial charge in [0.1, 0.15) is 5.82 Å². The van der Waals surface area contributed by atoms with Crippen LogP contribution in [0.15, 0.2) is 12.1 Å². The zero-order chi connectivity index (χ0) is 15.6. The Morgan fingerprint density at radius 3 is 2.81 bits per heavy atom. The average molecular weight is 292 g/mol. The number of amides is 1. The van der Waals surface area contributed by atoms with Crippen LogP contribution in [-0.4, -0.2) is 40.1 Å². The number of nitrogens with one attached hydrogen (secondary N) is 1. The number of likely N-dealkylation sites (tertiary alicyclic amines) is 1. The number of nitrogens with zero attached hydrogens (tertiary/aromatic N) is 2. The van der Waals surface area contributed by atoms with Crippen LogP contribution < -0.4 is 11.3 Å². The molecule has 0 spiro atoms. The summed E-state index contributed by atoms with van der Waals surface area (Å²) < 4.78 is 0. The molecule has 2 heterocycles. The third kappa shape index (κ3) is 3.33. The second-order valence-corrected chi connectivity index (χ2v) is 6.50. The number of nitrogen functional groups attached to an aromatic ring is 1. The lowest BCUT2D eigenvalue weighted by molar-refractivity contribution is 0.0677. The number of rotatable bonds is 3. The highest BCUT2D eigenvalue weighted by atomic mass is 16.3. The molecule has 1 aromatic heterocycles. The smallest absolute Gasteiger partial charge is 0.254 e. The molecular weight excluding hydrogens is 268 g/mol. The molecule has 21 heavy (non-hydrogen) atoms.